The van der Waals surface area contributed by atoms with Gasteiger partial charge in [0.05, 0.1) is 5.56 Å². The van der Waals surface area contributed by atoms with Crippen molar-refractivity contribution in [2.45, 2.75) is 88.8 Å². The van der Waals surface area contributed by atoms with Gasteiger partial charge in [-0.1, -0.05) is 66.3 Å². The zero-order valence-electron chi connectivity index (χ0n) is 22.7. The zero-order chi connectivity index (χ0) is 25.6. The topological polar surface area (TPSA) is 45.5 Å². The van der Waals surface area contributed by atoms with Gasteiger partial charge < -0.3 is 14.6 Å². The van der Waals surface area contributed by atoms with E-state index in [1.54, 1.807) is 11.8 Å². The van der Waals surface area contributed by atoms with E-state index in [1.165, 1.54) is 27.3 Å². The number of hydrogen-bond acceptors (Lipinski definition) is 5. The molecule has 4 heterocycles. The highest BCUT2D eigenvalue weighted by Crippen LogP contribution is 2.52. The lowest BCUT2D eigenvalue weighted by Gasteiger charge is -2.48. The highest BCUT2D eigenvalue weighted by Gasteiger charge is 2.42. The van der Waals surface area contributed by atoms with Gasteiger partial charge in [0.15, 0.2) is 0 Å². The van der Waals surface area contributed by atoms with Crippen LogP contribution < -0.4 is 15.8 Å². The standard InChI is InChI=1S/C31H38N2O2S/c1-29(2,3)17-18-8-9-22-23(14-18)36-27(32-22)20-15-19-16-21-25-24(26(19)35-28(20)34)31(6,7)11-13-33(25)12-10-30(21,4)5/h8-9,14-16,27,32H,10-13,17H2,1-7H3. The van der Waals surface area contributed by atoms with Gasteiger partial charge in [-0.3, -0.25) is 0 Å². The fraction of sp³-hybridized carbons (Fsp3) is 0.516. The van der Waals surface area contributed by atoms with Crippen LogP contribution in [0.1, 0.15) is 88.9 Å². The van der Waals surface area contributed by atoms with E-state index < -0.39 is 0 Å². The van der Waals surface area contributed by atoms with Crippen molar-refractivity contribution in [2.75, 3.05) is 23.3 Å². The summed E-state index contributed by atoms with van der Waals surface area (Å²) in [4.78, 5) is 17.2. The summed E-state index contributed by atoms with van der Waals surface area (Å²) in [7, 11) is 0. The summed E-state index contributed by atoms with van der Waals surface area (Å²) in [5.41, 5.74) is 7.92. The first-order valence-electron chi connectivity index (χ1n) is 13.3. The summed E-state index contributed by atoms with van der Waals surface area (Å²) in [6.07, 6.45) is 3.23. The number of anilines is 2. The van der Waals surface area contributed by atoms with Gasteiger partial charge in [-0.2, -0.15) is 0 Å². The molecule has 3 aliphatic rings. The van der Waals surface area contributed by atoms with E-state index in [0.717, 1.165) is 49.0 Å². The van der Waals surface area contributed by atoms with Gasteiger partial charge in [0.1, 0.15) is 11.0 Å². The van der Waals surface area contributed by atoms with Crippen molar-refractivity contribution in [3.8, 4) is 0 Å². The molecule has 1 unspecified atom stereocenters. The Morgan fingerprint density at radius 2 is 1.78 bits per heavy atom. The molecule has 1 aromatic heterocycles. The molecule has 1 atom stereocenters. The largest absolute Gasteiger partial charge is 0.422 e. The van der Waals surface area contributed by atoms with Crippen molar-refractivity contribution in [3.63, 3.8) is 0 Å². The molecular formula is C31H38N2O2S. The molecule has 0 saturated carbocycles. The number of fused-ring (bicyclic) bond motifs is 3. The molecular weight excluding hydrogens is 464 g/mol. The minimum Gasteiger partial charge on any atom is -0.422 e. The fourth-order valence-electron chi connectivity index (χ4n) is 6.29. The van der Waals surface area contributed by atoms with E-state index in [9.17, 15) is 4.79 Å². The van der Waals surface area contributed by atoms with Crippen LogP contribution >= 0.6 is 11.8 Å². The summed E-state index contributed by atoms with van der Waals surface area (Å²) in [6.45, 7) is 18.2. The van der Waals surface area contributed by atoms with E-state index in [1.807, 2.05) is 0 Å². The minimum atomic E-state index is -0.227. The quantitative estimate of drug-likeness (QED) is 0.363. The molecule has 0 bridgehead atoms. The van der Waals surface area contributed by atoms with Crippen LogP contribution in [-0.4, -0.2) is 13.1 Å². The molecule has 0 aliphatic carbocycles. The van der Waals surface area contributed by atoms with Gasteiger partial charge in [0.25, 0.3) is 0 Å². The number of nitrogens with zero attached hydrogens (tertiary/aromatic N) is 1. The average Bonchev–Trinajstić information content (AvgIpc) is 3.18. The van der Waals surface area contributed by atoms with Crippen LogP contribution in [0.15, 0.2) is 44.4 Å². The van der Waals surface area contributed by atoms with Crippen LogP contribution in [0.3, 0.4) is 0 Å². The Labute approximate surface area is 218 Å². The molecule has 36 heavy (non-hydrogen) atoms. The maximum absolute atomic E-state index is 13.5. The number of benzene rings is 2. The average molecular weight is 503 g/mol. The first kappa shape index (κ1) is 24.0. The summed E-state index contributed by atoms with van der Waals surface area (Å²) >= 11 is 1.72. The second kappa shape index (κ2) is 7.80. The van der Waals surface area contributed by atoms with Gasteiger partial charge >= 0.3 is 5.63 Å². The second-order valence-corrected chi connectivity index (χ2v) is 14.7. The third-order valence-corrected chi connectivity index (χ3v) is 9.55. The second-order valence-electron chi connectivity index (χ2n) is 13.5. The Balaban J connectivity index is 1.45. The highest BCUT2D eigenvalue weighted by molar-refractivity contribution is 8.00. The van der Waals surface area contributed by atoms with E-state index in [2.05, 4.69) is 89.0 Å². The monoisotopic (exact) mass is 502 g/mol. The Morgan fingerprint density at radius 1 is 1.06 bits per heavy atom. The molecule has 3 aliphatic heterocycles. The van der Waals surface area contributed by atoms with E-state index in [4.69, 9.17) is 4.42 Å². The Morgan fingerprint density at radius 3 is 2.50 bits per heavy atom. The van der Waals surface area contributed by atoms with Crippen LogP contribution in [0.2, 0.25) is 0 Å². The van der Waals surface area contributed by atoms with Crippen molar-refractivity contribution < 1.29 is 4.42 Å². The lowest BCUT2D eigenvalue weighted by atomic mass is 9.69. The molecule has 6 rings (SSSR count). The molecule has 0 amide bonds. The minimum absolute atomic E-state index is 0.0367. The number of rotatable bonds is 2. The first-order valence-corrected chi connectivity index (χ1v) is 14.2. The summed E-state index contributed by atoms with van der Waals surface area (Å²) < 4.78 is 6.23. The molecule has 5 heteroatoms. The fourth-order valence-corrected chi connectivity index (χ4v) is 7.50. The van der Waals surface area contributed by atoms with E-state index >= 15 is 0 Å². The predicted octanol–water partition coefficient (Wildman–Crippen LogP) is 7.77. The molecule has 0 saturated heterocycles. The normalized spacial score (nSPS) is 21.8. The zero-order valence-corrected chi connectivity index (χ0v) is 23.5. The van der Waals surface area contributed by atoms with Crippen LogP contribution in [0, 0.1) is 5.41 Å². The van der Waals surface area contributed by atoms with Crippen LogP contribution in [0.4, 0.5) is 11.4 Å². The van der Waals surface area contributed by atoms with Crippen LogP contribution in [-0.2, 0) is 17.3 Å². The molecule has 190 valence electrons. The van der Waals surface area contributed by atoms with Gasteiger partial charge in [0, 0.05) is 40.3 Å². The molecule has 2 aromatic carbocycles. The van der Waals surface area contributed by atoms with Gasteiger partial charge in [-0.05, 0) is 70.9 Å². The summed E-state index contributed by atoms with van der Waals surface area (Å²) in [5.74, 6) is 0. The first-order chi connectivity index (χ1) is 16.8. The molecule has 1 N–H and O–H groups in total. The maximum atomic E-state index is 13.5. The van der Waals surface area contributed by atoms with Crippen molar-refractivity contribution in [2.24, 2.45) is 5.41 Å². The third kappa shape index (κ3) is 3.86. The number of thioether (sulfide) groups is 1. The molecule has 0 radical (unpaired) electrons. The SMILES string of the molecule is CC(C)(C)Cc1ccc2c(c1)SC(c1cc3cc4c5c(c3oc1=O)C(C)(C)CCN5CCC4(C)C)N2. The van der Waals surface area contributed by atoms with E-state index in [0.29, 0.717) is 5.56 Å². The summed E-state index contributed by atoms with van der Waals surface area (Å²) in [5, 5.41) is 4.49. The lowest BCUT2D eigenvalue weighted by Crippen LogP contribution is -2.44. The Bertz CT molecular complexity index is 1440. The van der Waals surface area contributed by atoms with Gasteiger partial charge in [0.2, 0.25) is 0 Å². The van der Waals surface area contributed by atoms with Gasteiger partial charge in [-0.15, -0.1) is 0 Å². The van der Waals surface area contributed by atoms with Crippen LogP contribution in [0.25, 0.3) is 11.0 Å². The van der Waals surface area contributed by atoms with Crippen molar-refractivity contribution in [1.82, 2.24) is 0 Å². The highest BCUT2D eigenvalue weighted by atomic mass is 32.2. The van der Waals surface area contributed by atoms with Crippen LogP contribution in [0.5, 0.6) is 0 Å². The lowest BCUT2D eigenvalue weighted by molar-refractivity contribution is 0.398. The molecule has 4 nitrogen and oxygen atoms in total. The van der Waals surface area contributed by atoms with Crippen molar-refractivity contribution >= 4 is 34.1 Å². The Kier molecular flexibility index (Phi) is 5.19. The molecule has 0 fully saturated rings. The number of hydrogen-bond donors (Lipinski definition) is 1. The van der Waals surface area contributed by atoms with Crippen molar-refractivity contribution in [1.29, 1.82) is 0 Å². The maximum Gasteiger partial charge on any atom is 0.342 e. The predicted molar refractivity (Wildman–Crippen MR) is 152 cm³/mol. The molecule has 0 spiro atoms. The summed E-state index contributed by atoms with van der Waals surface area (Å²) in [6, 6.07) is 11.1. The molecule has 3 aromatic rings. The third-order valence-electron chi connectivity index (χ3n) is 8.35. The smallest absolute Gasteiger partial charge is 0.342 e. The number of nitrogens with one attached hydrogen (secondary N) is 1. The van der Waals surface area contributed by atoms with Crippen molar-refractivity contribution in [3.05, 3.63) is 63.0 Å². The Hall–Kier alpha value is -2.40. The van der Waals surface area contributed by atoms with Gasteiger partial charge in [-0.25, -0.2) is 4.79 Å². The van der Waals surface area contributed by atoms with E-state index in [-0.39, 0.29) is 27.2 Å².